The molecule has 3 rings (SSSR count). The predicted octanol–water partition coefficient (Wildman–Crippen LogP) is 4.06. The van der Waals surface area contributed by atoms with Gasteiger partial charge in [-0.1, -0.05) is 53.8 Å². The summed E-state index contributed by atoms with van der Waals surface area (Å²) in [6.45, 7) is 1.40. The Kier molecular flexibility index (Phi) is 5.28. The maximum atomic E-state index is 12.6. The molecule has 0 saturated carbocycles. The summed E-state index contributed by atoms with van der Waals surface area (Å²) in [5.41, 5.74) is 2.59. The predicted molar refractivity (Wildman–Crippen MR) is 106 cm³/mol. The van der Waals surface area contributed by atoms with Gasteiger partial charge in [-0.05, 0) is 12.1 Å². The molecule has 7 heteroatoms. The van der Waals surface area contributed by atoms with E-state index in [1.165, 1.54) is 18.3 Å². The van der Waals surface area contributed by atoms with E-state index in [2.05, 4.69) is 20.9 Å². The Morgan fingerprint density at radius 1 is 0.962 bits per heavy atom. The van der Waals surface area contributed by atoms with Crippen LogP contribution in [0.4, 0.5) is 15.8 Å². The van der Waals surface area contributed by atoms with Crippen molar-refractivity contribution in [3.8, 4) is 11.3 Å². The topological polar surface area (TPSA) is 83.1 Å². The molecule has 6 nitrogen and oxygen atoms in total. The first kappa shape index (κ1) is 17.6. The van der Waals surface area contributed by atoms with Crippen molar-refractivity contribution in [3.05, 3.63) is 60.2 Å². The molecule has 26 heavy (non-hydrogen) atoms. The number of carbonyl (C=O) groups excluding carboxylic acids is 2. The molecule has 0 unspecified atom stereocenters. The van der Waals surface area contributed by atoms with Crippen molar-refractivity contribution in [2.45, 2.75) is 6.92 Å². The largest absolute Gasteiger partial charge is 0.378 e. The third-order valence-corrected chi connectivity index (χ3v) is 4.59. The fraction of sp³-hybridized carbons (Fsp3) is 0.105. The number of benzene rings is 2. The first-order chi connectivity index (χ1) is 12.6. The van der Waals surface area contributed by atoms with Gasteiger partial charge in [0.25, 0.3) is 5.91 Å². The quantitative estimate of drug-likeness (QED) is 0.636. The third-order valence-electron chi connectivity index (χ3n) is 3.60. The van der Waals surface area contributed by atoms with Gasteiger partial charge in [-0.3, -0.25) is 14.9 Å². The summed E-state index contributed by atoms with van der Waals surface area (Å²) in [6, 6.07) is 16.6. The monoisotopic (exact) mass is 366 g/mol. The average molecular weight is 366 g/mol. The number of rotatable bonds is 5. The fourth-order valence-electron chi connectivity index (χ4n) is 2.48. The number of nitrogens with one attached hydrogen (secondary N) is 3. The standard InChI is InChI=1S/C19H18N4O2S/c1-12(24)21-15-11-7-6-10-14(15)17(25)23-19-22-16(18(20-2)26-19)13-8-4-3-5-9-13/h3-11,20H,1-2H3,(H,21,24)(H,22,23,25). The van der Waals surface area contributed by atoms with Gasteiger partial charge in [0.1, 0.15) is 10.7 Å². The van der Waals surface area contributed by atoms with Crippen molar-refractivity contribution in [2.24, 2.45) is 0 Å². The maximum Gasteiger partial charge on any atom is 0.259 e. The summed E-state index contributed by atoms with van der Waals surface area (Å²) in [5, 5.41) is 9.94. The van der Waals surface area contributed by atoms with Crippen LogP contribution in [0.15, 0.2) is 54.6 Å². The van der Waals surface area contributed by atoms with Crippen molar-refractivity contribution < 1.29 is 9.59 Å². The summed E-state index contributed by atoms with van der Waals surface area (Å²) >= 11 is 1.36. The molecule has 0 radical (unpaired) electrons. The zero-order valence-electron chi connectivity index (χ0n) is 14.4. The molecule has 0 atom stereocenters. The lowest BCUT2D eigenvalue weighted by atomic mass is 10.1. The summed E-state index contributed by atoms with van der Waals surface area (Å²) in [4.78, 5) is 28.5. The van der Waals surface area contributed by atoms with Crippen LogP contribution < -0.4 is 16.0 Å². The maximum absolute atomic E-state index is 12.6. The molecule has 0 aliphatic rings. The fourth-order valence-corrected chi connectivity index (χ4v) is 3.32. The first-order valence-electron chi connectivity index (χ1n) is 8.00. The minimum absolute atomic E-state index is 0.233. The Morgan fingerprint density at radius 2 is 1.65 bits per heavy atom. The lowest BCUT2D eigenvalue weighted by Crippen LogP contribution is -2.16. The number of aromatic nitrogens is 1. The normalized spacial score (nSPS) is 10.2. The summed E-state index contributed by atoms with van der Waals surface area (Å²) in [7, 11) is 1.82. The minimum Gasteiger partial charge on any atom is -0.378 e. The SMILES string of the molecule is CNc1sc(NC(=O)c2ccccc2NC(C)=O)nc1-c1ccccc1. The number of amides is 2. The van der Waals surface area contributed by atoms with E-state index in [1.54, 1.807) is 24.3 Å². The van der Waals surface area contributed by atoms with Gasteiger partial charge in [0.2, 0.25) is 5.91 Å². The number of hydrogen-bond acceptors (Lipinski definition) is 5. The van der Waals surface area contributed by atoms with E-state index in [0.29, 0.717) is 16.4 Å². The molecular formula is C19H18N4O2S. The van der Waals surface area contributed by atoms with Crippen LogP contribution in [0.3, 0.4) is 0 Å². The zero-order chi connectivity index (χ0) is 18.5. The van der Waals surface area contributed by atoms with E-state index in [9.17, 15) is 9.59 Å². The van der Waals surface area contributed by atoms with Gasteiger partial charge in [0.05, 0.1) is 11.3 Å². The molecule has 1 aromatic heterocycles. The highest BCUT2D eigenvalue weighted by Gasteiger charge is 2.17. The zero-order valence-corrected chi connectivity index (χ0v) is 15.2. The van der Waals surface area contributed by atoms with E-state index in [1.807, 2.05) is 37.4 Å². The highest BCUT2D eigenvalue weighted by atomic mass is 32.1. The number of carbonyl (C=O) groups is 2. The first-order valence-corrected chi connectivity index (χ1v) is 8.82. The molecule has 2 aromatic carbocycles. The molecule has 0 bridgehead atoms. The van der Waals surface area contributed by atoms with Crippen LogP contribution in [0.5, 0.6) is 0 Å². The van der Waals surface area contributed by atoms with Crippen molar-refractivity contribution in [2.75, 3.05) is 23.0 Å². The van der Waals surface area contributed by atoms with E-state index in [0.717, 1.165) is 16.3 Å². The van der Waals surface area contributed by atoms with Crippen molar-refractivity contribution in [1.29, 1.82) is 0 Å². The highest BCUT2D eigenvalue weighted by molar-refractivity contribution is 7.20. The van der Waals surface area contributed by atoms with Crippen LogP contribution >= 0.6 is 11.3 Å². The van der Waals surface area contributed by atoms with Crippen molar-refractivity contribution >= 4 is 39.0 Å². The van der Waals surface area contributed by atoms with Gasteiger partial charge in [0.15, 0.2) is 5.13 Å². The van der Waals surface area contributed by atoms with Gasteiger partial charge in [-0.25, -0.2) is 4.98 Å². The van der Waals surface area contributed by atoms with E-state index in [4.69, 9.17) is 0 Å². The Labute approximate surface area is 155 Å². The Bertz CT molecular complexity index is 938. The number of para-hydroxylation sites is 1. The molecule has 1 heterocycles. The van der Waals surface area contributed by atoms with Gasteiger partial charge >= 0.3 is 0 Å². The number of anilines is 3. The molecule has 0 aliphatic heterocycles. The van der Waals surface area contributed by atoms with Gasteiger partial charge in [0, 0.05) is 19.5 Å². The van der Waals surface area contributed by atoms with E-state index >= 15 is 0 Å². The van der Waals surface area contributed by atoms with Gasteiger partial charge in [-0.15, -0.1) is 0 Å². The van der Waals surface area contributed by atoms with Crippen LogP contribution in [0.2, 0.25) is 0 Å². The minimum atomic E-state index is -0.328. The van der Waals surface area contributed by atoms with Crippen LogP contribution in [-0.4, -0.2) is 23.8 Å². The van der Waals surface area contributed by atoms with Crippen molar-refractivity contribution in [3.63, 3.8) is 0 Å². The van der Waals surface area contributed by atoms with Crippen LogP contribution in [0.25, 0.3) is 11.3 Å². The van der Waals surface area contributed by atoms with Crippen LogP contribution in [0, 0.1) is 0 Å². The molecule has 0 aliphatic carbocycles. The number of thiazole rings is 1. The smallest absolute Gasteiger partial charge is 0.259 e. The molecule has 132 valence electrons. The second-order valence-electron chi connectivity index (χ2n) is 5.49. The number of nitrogens with zero attached hydrogens (tertiary/aromatic N) is 1. The van der Waals surface area contributed by atoms with Crippen LogP contribution in [-0.2, 0) is 4.79 Å². The van der Waals surface area contributed by atoms with E-state index < -0.39 is 0 Å². The van der Waals surface area contributed by atoms with E-state index in [-0.39, 0.29) is 11.8 Å². The van der Waals surface area contributed by atoms with Crippen molar-refractivity contribution in [1.82, 2.24) is 4.98 Å². The second-order valence-corrected chi connectivity index (χ2v) is 6.49. The van der Waals surface area contributed by atoms with Gasteiger partial charge < -0.3 is 10.6 Å². The molecule has 3 aromatic rings. The summed E-state index contributed by atoms with van der Waals surface area (Å²) in [5.74, 6) is -0.561. The Hall–Kier alpha value is -3.19. The third kappa shape index (κ3) is 3.89. The molecule has 0 saturated heterocycles. The number of hydrogen-bond donors (Lipinski definition) is 3. The molecular weight excluding hydrogens is 348 g/mol. The molecule has 0 fully saturated rings. The lowest BCUT2D eigenvalue weighted by molar-refractivity contribution is -0.114. The van der Waals surface area contributed by atoms with Gasteiger partial charge in [-0.2, -0.15) is 0 Å². The molecule has 0 spiro atoms. The summed E-state index contributed by atoms with van der Waals surface area (Å²) in [6.07, 6.45) is 0. The molecule has 3 N–H and O–H groups in total. The Balaban J connectivity index is 1.87. The summed E-state index contributed by atoms with van der Waals surface area (Å²) < 4.78 is 0. The average Bonchev–Trinajstić information content (AvgIpc) is 3.05. The van der Waals surface area contributed by atoms with Crippen LogP contribution in [0.1, 0.15) is 17.3 Å². The second kappa shape index (κ2) is 7.79. The molecule has 2 amide bonds. The Morgan fingerprint density at radius 3 is 2.35 bits per heavy atom. The highest BCUT2D eigenvalue weighted by Crippen LogP contribution is 2.35. The lowest BCUT2D eigenvalue weighted by Gasteiger charge is -2.08.